The lowest BCUT2D eigenvalue weighted by molar-refractivity contribution is 0.466. The van der Waals surface area contributed by atoms with Gasteiger partial charge in [-0.15, -0.1) is 0 Å². The first kappa shape index (κ1) is 33.7. The van der Waals surface area contributed by atoms with Gasteiger partial charge < -0.3 is 5.11 Å². The molecular weight excluding hydrogens is 513 g/mol. The van der Waals surface area contributed by atoms with E-state index >= 15 is 0 Å². The van der Waals surface area contributed by atoms with Gasteiger partial charge in [-0.1, -0.05) is 94.5 Å². The van der Waals surface area contributed by atoms with Crippen LogP contribution in [0.2, 0.25) is 0 Å². The zero-order chi connectivity index (χ0) is 28.2. The van der Waals surface area contributed by atoms with Gasteiger partial charge in [-0.05, 0) is 113 Å². The van der Waals surface area contributed by atoms with E-state index in [4.69, 9.17) is 0 Å². The number of phenolic OH excluding ortho intramolecular Hbond substituents is 1. The molecule has 1 N–H and O–H groups in total. The summed E-state index contributed by atoms with van der Waals surface area (Å²) in [5.41, 5.74) is 3.09. The molecule has 0 saturated carbocycles. The Morgan fingerprint density at radius 2 is 1.15 bits per heavy atom. The third-order valence-electron chi connectivity index (χ3n) is 5.51. The van der Waals surface area contributed by atoms with Gasteiger partial charge in [0.25, 0.3) is 0 Å². The Kier molecular flexibility index (Phi) is 21.5. The quantitative estimate of drug-likeness (QED) is 0.176. The van der Waals surface area contributed by atoms with Gasteiger partial charge in [-0.25, -0.2) is 0 Å². The van der Waals surface area contributed by atoms with E-state index in [2.05, 4.69) is 101 Å². The Bertz CT molecular complexity index is 1320. The highest BCUT2D eigenvalue weighted by Crippen LogP contribution is 2.29. The number of aromatic hydroxyl groups is 1. The lowest BCUT2D eigenvalue weighted by Gasteiger charge is -2.10. The molecule has 1 rings (SSSR count). The van der Waals surface area contributed by atoms with Crippen molar-refractivity contribution in [2.24, 2.45) is 0 Å². The molecule has 0 aliphatic rings. The summed E-state index contributed by atoms with van der Waals surface area (Å²) in [4.78, 5) is 0. The molecular formula is C36H38OS2. The summed E-state index contributed by atoms with van der Waals surface area (Å²) in [6.07, 6.45) is 13.7. The molecule has 0 atom stereocenters. The number of hydrogen-bond acceptors (Lipinski definition) is 3. The van der Waals surface area contributed by atoms with Crippen molar-refractivity contribution in [2.45, 2.75) is 96.5 Å². The Balaban J connectivity index is 2.34. The van der Waals surface area contributed by atoms with Gasteiger partial charge in [0, 0.05) is 17.1 Å². The van der Waals surface area contributed by atoms with Crippen LogP contribution in [-0.2, 0) is 11.5 Å². The van der Waals surface area contributed by atoms with E-state index in [0.29, 0.717) is 11.5 Å². The number of phenols is 1. The van der Waals surface area contributed by atoms with Crippen LogP contribution in [0.15, 0.2) is 12.1 Å². The second kappa shape index (κ2) is 24.9. The molecule has 0 aliphatic heterocycles. The third-order valence-corrected chi connectivity index (χ3v) is 7.33. The van der Waals surface area contributed by atoms with E-state index in [9.17, 15) is 5.11 Å². The molecule has 0 radical (unpaired) electrons. The third kappa shape index (κ3) is 19.4. The molecule has 0 unspecified atom stereocenters. The van der Waals surface area contributed by atoms with E-state index in [1.165, 1.54) is 87.3 Å². The van der Waals surface area contributed by atoms with Crippen molar-refractivity contribution in [2.75, 3.05) is 5.75 Å². The second-order valence-electron chi connectivity index (χ2n) is 8.80. The predicted octanol–water partition coefficient (Wildman–Crippen LogP) is 8.09. The minimum absolute atomic E-state index is 0.357. The molecule has 0 saturated heterocycles. The smallest absolute Gasteiger partial charge is 0.122 e. The lowest BCUT2D eigenvalue weighted by Crippen LogP contribution is -1.91. The van der Waals surface area contributed by atoms with Crippen LogP contribution in [0.3, 0.4) is 0 Å². The molecule has 0 heterocycles. The molecule has 1 nitrogen and oxygen atoms in total. The summed E-state index contributed by atoms with van der Waals surface area (Å²) in [5, 5.41) is 13.4. The maximum atomic E-state index is 10.5. The number of thioether (sulfide) groups is 2. The zero-order valence-corrected chi connectivity index (χ0v) is 25.2. The van der Waals surface area contributed by atoms with Crippen LogP contribution in [0.5, 0.6) is 5.75 Å². The van der Waals surface area contributed by atoms with Gasteiger partial charge in [0.05, 0.1) is 0 Å². The van der Waals surface area contributed by atoms with E-state index in [-0.39, 0.29) is 0 Å². The van der Waals surface area contributed by atoms with E-state index in [0.717, 1.165) is 16.9 Å². The van der Waals surface area contributed by atoms with Crippen LogP contribution in [0.25, 0.3) is 0 Å². The maximum Gasteiger partial charge on any atom is 0.122 e. The zero-order valence-electron chi connectivity index (χ0n) is 23.6. The van der Waals surface area contributed by atoms with E-state index in [1.807, 2.05) is 18.7 Å². The molecule has 200 valence electrons. The van der Waals surface area contributed by atoms with Crippen molar-refractivity contribution in [3.8, 4) is 88.0 Å². The largest absolute Gasteiger partial charge is 0.507 e. The molecule has 0 amide bonds. The van der Waals surface area contributed by atoms with Crippen LogP contribution < -0.4 is 0 Å². The van der Waals surface area contributed by atoms with Crippen LogP contribution in [0.4, 0.5) is 0 Å². The first-order valence-electron chi connectivity index (χ1n) is 13.6. The summed E-state index contributed by atoms with van der Waals surface area (Å²) in [6.45, 7) is 5.94. The Labute approximate surface area is 246 Å². The number of aryl methyl sites for hydroxylation is 1. The molecule has 0 fully saturated rings. The van der Waals surface area contributed by atoms with Crippen LogP contribution >= 0.6 is 23.5 Å². The van der Waals surface area contributed by atoms with Gasteiger partial charge in [0.1, 0.15) is 5.75 Å². The van der Waals surface area contributed by atoms with Crippen molar-refractivity contribution in [3.63, 3.8) is 0 Å². The van der Waals surface area contributed by atoms with E-state index < -0.39 is 0 Å². The van der Waals surface area contributed by atoms with Gasteiger partial charge in [-0.3, -0.25) is 0 Å². The highest BCUT2D eigenvalue weighted by Gasteiger charge is 2.07. The number of rotatable bonds is 15. The Morgan fingerprint density at radius 3 is 1.72 bits per heavy atom. The SMILES string of the molecule is CC#CC#CC#CC#CC#CC#CC#CSCc1cc(CSCCCCCCCCCCCC)cc(C)c1O. The van der Waals surface area contributed by atoms with Gasteiger partial charge >= 0.3 is 0 Å². The van der Waals surface area contributed by atoms with Crippen molar-refractivity contribution in [1.82, 2.24) is 0 Å². The second-order valence-corrected chi connectivity index (χ2v) is 10.7. The summed E-state index contributed by atoms with van der Waals surface area (Å²) in [6, 6.07) is 4.19. The molecule has 1 aromatic carbocycles. The molecule has 39 heavy (non-hydrogen) atoms. The maximum absolute atomic E-state index is 10.5. The topological polar surface area (TPSA) is 20.2 Å². The minimum atomic E-state index is 0.357. The number of hydrogen-bond donors (Lipinski definition) is 1. The minimum Gasteiger partial charge on any atom is -0.507 e. The predicted molar refractivity (Wildman–Crippen MR) is 172 cm³/mol. The fraction of sp³-hybridized carbons (Fsp3) is 0.444. The first-order chi connectivity index (χ1) is 19.2. The standard InChI is InChI=1S/C36H38OS2/c1-4-6-8-10-12-14-16-17-18-20-22-24-26-28-39-32-35-30-34(29-33(3)36(35)37)31-38-27-25-23-21-19-15-13-11-9-7-5-2/h29-30,37H,5,7,9,11,13,15,19,21,23,25,27,31-32H2,1-3H3. The Morgan fingerprint density at radius 1 is 0.641 bits per heavy atom. The van der Waals surface area contributed by atoms with Crippen molar-refractivity contribution in [3.05, 3.63) is 28.8 Å². The Hall–Kier alpha value is -3.36. The molecule has 3 heteroatoms. The normalized spacial score (nSPS) is 8.59. The van der Waals surface area contributed by atoms with Crippen molar-refractivity contribution < 1.29 is 5.11 Å². The molecule has 0 spiro atoms. The highest BCUT2D eigenvalue weighted by atomic mass is 32.2. The summed E-state index contributed by atoms with van der Waals surface area (Å²) in [7, 11) is 0. The summed E-state index contributed by atoms with van der Waals surface area (Å²) in [5.74, 6) is 37.1. The van der Waals surface area contributed by atoms with Crippen molar-refractivity contribution in [1.29, 1.82) is 0 Å². The average Bonchev–Trinajstić information content (AvgIpc) is 2.93. The van der Waals surface area contributed by atoms with Gasteiger partial charge in [-0.2, -0.15) is 11.8 Å². The fourth-order valence-corrected chi connectivity index (χ4v) is 5.08. The van der Waals surface area contributed by atoms with Gasteiger partial charge in [0.2, 0.25) is 0 Å². The molecule has 0 aliphatic carbocycles. The molecule has 0 bridgehead atoms. The summed E-state index contributed by atoms with van der Waals surface area (Å²) >= 11 is 3.40. The monoisotopic (exact) mass is 550 g/mol. The summed E-state index contributed by atoms with van der Waals surface area (Å²) < 4.78 is 0. The number of benzene rings is 1. The van der Waals surface area contributed by atoms with Crippen molar-refractivity contribution >= 4 is 23.5 Å². The molecule has 1 aromatic rings. The average molecular weight is 551 g/mol. The van der Waals surface area contributed by atoms with E-state index in [1.54, 1.807) is 6.92 Å². The fourth-order valence-electron chi connectivity index (χ4n) is 3.56. The highest BCUT2D eigenvalue weighted by molar-refractivity contribution is 8.03. The van der Waals surface area contributed by atoms with Crippen LogP contribution in [-0.4, -0.2) is 10.9 Å². The van der Waals surface area contributed by atoms with Gasteiger partial charge in [0.15, 0.2) is 0 Å². The molecule has 0 aromatic heterocycles. The van der Waals surface area contributed by atoms with Crippen LogP contribution in [0.1, 0.15) is 94.7 Å². The number of unbranched alkanes of at least 4 members (excludes halogenated alkanes) is 9. The van der Waals surface area contributed by atoms with Crippen LogP contribution in [0, 0.1) is 89.1 Å². The lowest BCUT2D eigenvalue weighted by atomic mass is 10.1. The first-order valence-corrected chi connectivity index (χ1v) is 15.8.